The molecular formula is C45H60N16O6. The fourth-order valence-electron chi connectivity index (χ4n) is 9.19. The fourth-order valence-corrected chi connectivity index (χ4v) is 9.19. The van der Waals surface area contributed by atoms with Gasteiger partial charge in [0.25, 0.3) is 5.91 Å². The number of carbonyl (C=O) groups excluding carboxylic acids is 4. The van der Waals surface area contributed by atoms with E-state index < -0.39 is 17.7 Å². The van der Waals surface area contributed by atoms with Crippen molar-refractivity contribution >= 4 is 52.0 Å². The van der Waals surface area contributed by atoms with Crippen LogP contribution in [-0.4, -0.2) is 141 Å². The molecule has 0 spiro atoms. The number of methoxy groups -OCH3 is 1. The van der Waals surface area contributed by atoms with Gasteiger partial charge in [-0.3, -0.25) is 34.5 Å². The number of hydrogen-bond donors (Lipinski definition) is 6. The summed E-state index contributed by atoms with van der Waals surface area (Å²) < 4.78 is 17.8. The van der Waals surface area contributed by atoms with Crippen LogP contribution in [0.25, 0.3) is 11.0 Å². The zero-order chi connectivity index (χ0) is 47.4. The summed E-state index contributed by atoms with van der Waals surface area (Å²) >= 11 is 0. The van der Waals surface area contributed by atoms with Crippen LogP contribution in [0.3, 0.4) is 0 Å². The maximum Gasteiger partial charge on any atom is 0.276 e. The molecule has 356 valence electrons. The lowest BCUT2D eigenvalue weighted by Crippen LogP contribution is -2.45. The lowest BCUT2D eigenvalue weighted by atomic mass is 9.95. The standard InChI is InChI=1S/C45H60N16O6/c1-6-61-33(20-27(2)55-61)43(65)52-45-51-31-21-29(40(46)63)23-34(66-5)38(31)60(45)14-8-7-13-59-39-32(50-44(59)49-4)22-30(41(47)64)24-35(39)67-19-9-12-56-15-10-28(11-16-56)42-54-53-36-26-57(17-18-58(36)42)37(62)25-48-3/h7-8,20-24,28,44,48-50H,6,9-19,25-26H2,1-5H3,(H2,46,63)(H2,47,64)(H,51,52,65)/b8-7+. The molecule has 1 unspecified atom stereocenters. The monoisotopic (exact) mass is 920 g/mol. The third-order valence-electron chi connectivity index (χ3n) is 12.5. The van der Waals surface area contributed by atoms with Crippen LogP contribution >= 0.6 is 0 Å². The summed E-state index contributed by atoms with van der Waals surface area (Å²) in [6, 6.07) is 8.28. The Morgan fingerprint density at radius 1 is 0.940 bits per heavy atom. The van der Waals surface area contributed by atoms with Crippen molar-refractivity contribution in [2.24, 2.45) is 11.5 Å². The van der Waals surface area contributed by atoms with Crippen molar-refractivity contribution in [3.8, 4) is 11.5 Å². The van der Waals surface area contributed by atoms with Gasteiger partial charge < -0.3 is 55.4 Å². The number of likely N-dealkylation sites (tertiary alicyclic amines) is 1. The minimum Gasteiger partial charge on any atom is -0.494 e. The van der Waals surface area contributed by atoms with Crippen LogP contribution in [0.2, 0.25) is 0 Å². The first-order chi connectivity index (χ1) is 32.4. The number of allylic oxidation sites excluding steroid dienone is 1. The number of carbonyl (C=O) groups is 4. The summed E-state index contributed by atoms with van der Waals surface area (Å²) in [7, 11) is 5.10. The summed E-state index contributed by atoms with van der Waals surface area (Å²) in [6.07, 6.45) is 6.30. The van der Waals surface area contributed by atoms with Gasteiger partial charge in [0, 0.05) is 56.3 Å². The van der Waals surface area contributed by atoms with Gasteiger partial charge in [-0.15, -0.1) is 10.2 Å². The number of anilines is 3. The van der Waals surface area contributed by atoms with Crippen molar-refractivity contribution in [2.75, 3.05) is 82.6 Å². The molecule has 2 aromatic carbocycles. The molecular weight excluding hydrogens is 861 g/mol. The number of imidazole rings is 1. The molecule has 0 saturated carbocycles. The van der Waals surface area contributed by atoms with E-state index in [9.17, 15) is 19.2 Å². The Labute approximate surface area is 388 Å². The van der Waals surface area contributed by atoms with E-state index in [0.29, 0.717) is 97.0 Å². The highest BCUT2D eigenvalue weighted by atomic mass is 16.5. The Morgan fingerprint density at radius 2 is 1.69 bits per heavy atom. The first-order valence-corrected chi connectivity index (χ1v) is 22.7. The Kier molecular flexibility index (Phi) is 14.0. The summed E-state index contributed by atoms with van der Waals surface area (Å²) in [6.45, 7) is 10.2. The SMILES string of the molecule is CCn1nc(C)cc1C(=O)Nc1nc2cc(C(N)=O)cc(OC)c2n1C/C=C/CN1c2c(cc(C(N)=O)cc2OCCCN2CCC(c3nnc4n3CCN(C(=O)CNC)C4)CC2)NC1NC. The van der Waals surface area contributed by atoms with E-state index in [2.05, 4.69) is 50.9 Å². The van der Waals surface area contributed by atoms with Crippen LogP contribution in [0.1, 0.15) is 80.7 Å². The Hall–Kier alpha value is -7.04. The molecule has 3 aliphatic heterocycles. The van der Waals surface area contributed by atoms with Gasteiger partial charge in [-0.2, -0.15) is 5.10 Å². The largest absolute Gasteiger partial charge is 0.494 e. The number of fused-ring (bicyclic) bond motifs is 3. The highest BCUT2D eigenvalue weighted by molar-refractivity contribution is 6.04. The molecule has 0 bridgehead atoms. The van der Waals surface area contributed by atoms with Gasteiger partial charge in [-0.05, 0) is 90.6 Å². The third-order valence-corrected chi connectivity index (χ3v) is 12.5. The molecule has 67 heavy (non-hydrogen) atoms. The van der Waals surface area contributed by atoms with E-state index in [0.717, 1.165) is 56.2 Å². The van der Waals surface area contributed by atoms with Crippen LogP contribution < -0.4 is 47.1 Å². The molecule has 4 amide bonds. The summed E-state index contributed by atoms with van der Waals surface area (Å²) in [4.78, 5) is 61.9. The molecule has 0 aliphatic carbocycles. The molecule has 1 saturated heterocycles. The molecule has 3 aliphatic rings. The topological polar surface area (TPSA) is 263 Å². The lowest BCUT2D eigenvalue weighted by molar-refractivity contribution is -0.131. The lowest BCUT2D eigenvalue weighted by Gasteiger charge is -2.33. The number of amides is 4. The second kappa shape index (κ2) is 20.2. The van der Waals surface area contributed by atoms with Crippen molar-refractivity contribution < 1.29 is 28.7 Å². The Morgan fingerprint density at radius 3 is 2.40 bits per heavy atom. The maximum atomic E-state index is 13.6. The number of aryl methyl sites for hydroxylation is 2. The molecule has 22 heteroatoms. The van der Waals surface area contributed by atoms with Crippen LogP contribution in [0.5, 0.6) is 11.5 Å². The smallest absolute Gasteiger partial charge is 0.276 e. The normalized spacial score (nSPS) is 16.3. The number of ether oxygens (including phenoxy) is 2. The number of primary amides is 2. The Bertz CT molecular complexity index is 2680. The average Bonchev–Trinajstić information content (AvgIpc) is 4.11. The number of nitrogens with one attached hydrogen (secondary N) is 4. The average molecular weight is 921 g/mol. The molecule has 6 heterocycles. The minimum absolute atomic E-state index is 0.0689. The van der Waals surface area contributed by atoms with Gasteiger partial charge in [0.05, 0.1) is 43.7 Å². The van der Waals surface area contributed by atoms with Crippen LogP contribution in [0.15, 0.2) is 42.5 Å². The summed E-state index contributed by atoms with van der Waals surface area (Å²) in [5.41, 5.74) is 15.5. The molecule has 0 radical (unpaired) electrons. The van der Waals surface area contributed by atoms with Crippen molar-refractivity contribution in [3.05, 3.63) is 76.6 Å². The first-order valence-electron chi connectivity index (χ1n) is 22.7. The molecule has 22 nitrogen and oxygen atoms in total. The van der Waals surface area contributed by atoms with Gasteiger partial charge in [0.1, 0.15) is 34.2 Å². The van der Waals surface area contributed by atoms with Crippen molar-refractivity contribution in [1.82, 2.24) is 54.5 Å². The van der Waals surface area contributed by atoms with E-state index in [1.54, 1.807) is 46.6 Å². The molecule has 1 atom stereocenters. The molecule has 8 N–H and O–H groups in total. The minimum atomic E-state index is -0.638. The predicted molar refractivity (Wildman–Crippen MR) is 251 cm³/mol. The fraction of sp³-hybridized carbons (Fsp3) is 0.467. The summed E-state index contributed by atoms with van der Waals surface area (Å²) in [5.74, 6) is 1.80. The van der Waals surface area contributed by atoms with Crippen LogP contribution in [0, 0.1) is 6.92 Å². The van der Waals surface area contributed by atoms with Gasteiger partial charge in [-0.1, -0.05) is 12.2 Å². The number of benzene rings is 2. The predicted octanol–water partition coefficient (Wildman–Crippen LogP) is 1.81. The van der Waals surface area contributed by atoms with E-state index in [-0.39, 0.29) is 30.3 Å². The van der Waals surface area contributed by atoms with Gasteiger partial charge in [-0.25, -0.2) is 4.98 Å². The van der Waals surface area contributed by atoms with Crippen LogP contribution in [-0.2, 0) is 31.0 Å². The first kappa shape index (κ1) is 46.5. The zero-order valence-corrected chi connectivity index (χ0v) is 38.7. The number of piperidine rings is 1. The quantitative estimate of drug-likeness (QED) is 0.0510. The second-order valence-corrected chi connectivity index (χ2v) is 16.9. The van der Waals surface area contributed by atoms with Crippen molar-refractivity contribution in [3.63, 3.8) is 0 Å². The van der Waals surface area contributed by atoms with Gasteiger partial charge in [0.15, 0.2) is 12.1 Å². The number of nitrogens with two attached hydrogens (primary N) is 2. The molecule has 5 aromatic rings. The molecule has 8 rings (SSSR count). The van der Waals surface area contributed by atoms with Gasteiger partial charge >= 0.3 is 0 Å². The van der Waals surface area contributed by atoms with E-state index in [1.807, 2.05) is 37.9 Å². The van der Waals surface area contributed by atoms with Crippen molar-refractivity contribution in [2.45, 2.75) is 71.5 Å². The Balaban J connectivity index is 0.934. The maximum absolute atomic E-state index is 13.6. The number of hydrogen-bond acceptors (Lipinski definition) is 15. The van der Waals surface area contributed by atoms with Gasteiger partial charge in [0.2, 0.25) is 23.7 Å². The summed E-state index contributed by atoms with van der Waals surface area (Å²) in [5, 5.41) is 26.1. The van der Waals surface area contributed by atoms with Crippen LogP contribution in [0.4, 0.5) is 17.3 Å². The number of nitrogens with zero attached hydrogens (tertiary/aromatic N) is 10. The van der Waals surface area contributed by atoms with E-state index in [1.165, 1.54) is 7.11 Å². The van der Waals surface area contributed by atoms with Crippen molar-refractivity contribution in [1.29, 1.82) is 0 Å². The number of rotatable bonds is 19. The van der Waals surface area contributed by atoms with E-state index in [4.69, 9.17) is 25.9 Å². The number of likely N-dealkylation sites (N-methyl/N-ethyl adjacent to an activating group) is 1. The third kappa shape index (κ3) is 9.77. The second-order valence-electron chi connectivity index (χ2n) is 16.9. The number of aromatic nitrogens is 7. The molecule has 3 aromatic heterocycles. The van der Waals surface area contributed by atoms with E-state index >= 15 is 0 Å². The highest BCUT2D eigenvalue weighted by Gasteiger charge is 2.33. The zero-order valence-electron chi connectivity index (χ0n) is 38.7. The molecule has 1 fully saturated rings. The highest BCUT2D eigenvalue weighted by Crippen LogP contribution is 2.43.